The quantitative estimate of drug-likeness (QED) is 0.866. The number of nitrogens with one attached hydrogen (secondary N) is 1. The molecule has 1 unspecified atom stereocenters. The minimum atomic E-state index is 0.0549. The lowest BCUT2D eigenvalue weighted by Gasteiger charge is -2.21. The Morgan fingerprint density at radius 1 is 1.56 bits per heavy atom. The van der Waals surface area contributed by atoms with Gasteiger partial charge in [-0.1, -0.05) is 29.8 Å². The molecule has 0 radical (unpaired) electrons. The van der Waals surface area contributed by atoms with Gasteiger partial charge in [-0.2, -0.15) is 11.8 Å². The summed E-state index contributed by atoms with van der Waals surface area (Å²) in [5.41, 5.74) is 2.35. The Morgan fingerprint density at radius 3 is 3.12 bits per heavy atom. The van der Waals surface area contributed by atoms with Crippen molar-refractivity contribution in [3.05, 3.63) is 35.4 Å². The second-order valence-corrected chi connectivity index (χ2v) is 5.36. The average Bonchev–Trinajstić information content (AvgIpc) is 2.30. The van der Waals surface area contributed by atoms with Crippen LogP contribution in [0.15, 0.2) is 24.3 Å². The summed E-state index contributed by atoms with van der Waals surface area (Å²) in [5.74, 6) is 2.36. The molecule has 2 rings (SSSR count). The molecule has 1 fully saturated rings. The zero-order valence-corrected chi connectivity index (χ0v) is 10.3. The van der Waals surface area contributed by atoms with E-state index in [0.717, 1.165) is 23.6 Å². The van der Waals surface area contributed by atoms with Crippen LogP contribution in [0.25, 0.3) is 0 Å². The predicted octanol–water partition coefficient (Wildman–Crippen LogP) is 1.81. The second kappa shape index (κ2) is 5.51. The van der Waals surface area contributed by atoms with Crippen LogP contribution in [0.4, 0.5) is 0 Å². The van der Waals surface area contributed by atoms with E-state index in [1.807, 2.05) is 23.9 Å². The van der Waals surface area contributed by atoms with Crippen molar-refractivity contribution in [2.45, 2.75) is 19.4 Å². The first-order valence-corrected chi connectivity index (χ1v) is 6.80. The predicted molar refractivity (Wildman–Crippen MR) is 69.0 cm³/mol. The van der Waals surface area contributed by atoms with E-state index in [2.05, 4.69) is 24.4 Å². The molecule has 1 aromatic carbocycles. The van der Waals surface area contributed by atoms with Gasteiger partial charge in [0.2, 0.25) is 0 Å². The Hall–Kier alpha value is -0.800. The van der Waals surface area contributed by atoms with Gasteiger partial charge in [0, 0.05) is 24.5 Å². The van der Waals surface area contributed by atoms with Crippen LogP contribution in [0.2, 0.25) is 0 Å². The van der Waals surface area contributed by atoms with E-state index in [1.54, 1.807) is 0 Å². The van der Waals surface area contributed by atoms with Gasteiger partial charge in [-0.05, 0) is 12.5 Å². The van der Waals surface area contributed by atoms with Crippen LogP contribution in [-0.4, -0.2) is 29.9 Å². The van der Waals surface area contributed by atoms with E-state index in [0.29, 0.717) is 12.2 Å². The number of hydrogen-bond donors (Lipinski definition) is 1. The molecular weight excluding hydrogens is 218 g/mol. The molecule has 3 heteroatoms. The van der Waals surface area contributed by atoms with E-state index in [4.69, 9.17) is 0 Å². The van der Waals surface area contributed by atoms with Crippen molar-refractivity contribution in [1.82, 2.24) is 5.32 Å². The number of rotatable bonds is 3. The van der Waals surface area contributed by atoms with Gasteiger partial charge < -0.3 is 5.32 Å². The number of aryl methyl sites for hydroxylation is 1. The van der Waals surface area contributed by atoms with Gasteiger partial charge in [0.25, 0.3) is 0 Å². The number of carbonyl (C=O) groups is 1. The third-order valence-corrected chi connectivity index (χ3v) is 3.83. The minimum absolute atomic E-state index is 0.0549. The van der Waals surface area contributed by atoms with Gasteiger partial charge in [-0.3, -0.25) is 4.79 Å². The molecule has 1 heterocycles. The third-order valence-electron chi connectivity index (χ3n) is 2.77. The first-order chi connectivity index (χ1) is 7.75. The number of ketones is 1. The van der Waals surface area contributed by atoms with Crippen molar-refractivity contribution in [3.8, 4) is 0 Å². The molecule has 0 aromatic heterocycles. The fraction of sp³-hybridized carbons (Fsp3) is 0.462. The maximum Gasteiger partial charge on any atom is 0.154 e. The summed E-state index contributed by atoms with van der Waals surface area (Å²) in [6.07, 6.45) is 0.555. The molecule has 1 aromatic rings. The first kappa shape index (κ1) is 11.7. The highest BCUT2D eigenvalue weighted by Crippen LogP contribution is 2.11. The Labute approximate surface area is 101 Å². The van der Waals surface area contributed by atoms with Gasteiger partial charge in [-0.25, -0.2) is 0 Å². The molecule has 2 nitrogen and oxygen atoms in total. The number of Topliss-reactive ketones (excluding diaryl/α,β-unsaturated/α-hetero) is 1. The Balaban J connectivity index is 1.96. The first-order valence-electron chi connectivity index (χ1n) is 5.65. The van der Waals surface area contributed by atoms with Crippen molar-refractivity contribution in [2.24, 2.45) is 0 Å². The van der Waals surface area contributed by atoms with Gasteiger partial charge in [0.05, 0.1) is 6.04 Å². The molecule has 0 bridgehead atoms. The summed E-state index contributed by atoms with van der Waals surface area (Å²) in [6.45, 7) is 3.01. The maximum atomic E-state index is 12.0. The molecule has 0 aliphatic carbocycles. The summed E-state index contributed by atoms with van der Waals surface area (Å²) >= 11 is 1.86. The van der Waals surface area contributed by atoms with Gasteiger partial charge in [0.1, 0.15) is 0 Å². The number of thioether (sulfide) groups is 1. The SMILES string of the molecule is Cc1cccc(CC(=O)C2CSCCN2)c1. The molecule has 1 aliphatic heterocycles. The number of hydrogen-bond acceptors (Lipinski definition) is 3. The summed E-state index contributed by atoms with van der Waals surface area (Å²) in [6, 6.07) is 8.25. The Bertz CT molecular complexity index is 372. The summed E-state index contributed by atoms with van der Waals surface area (Å²) in [7, 11) is 0. The van der Waals surface area contributed by atoms with Crippen molar-refractivity contribution >= 4 is 17.5 Å². The molecule has 1 aliphatic rings. The monoisotopic (exact) mass is 235 g/mol. The summed E-state index contributed by atoms with van der Waals surface area (Å²) in [5, 5.41) is 3.28. The highest BCUT2D eigenvalue weighted by atomic mass is 32.2. The molecule has 0 saturated carbocycles. The largest absolute Gasteiger partial charge is 0.306 e. The van der Waals surface area contributed by atoms with E-state index < -0.39 is 0 Å². The summed E-state index contributed by atoms with van der Waals surface area (Å²) < 4.78 is 0. The average molecular weight is 235 g/mol. The highest BCUT2D eigenvalue weighted by Gasteiger charge is 2.20. The molecule has 86 valence electrons. The van der Waals surface area contributed by atoms with Crippen LogP contribution in [0, 0.1) is 6.92 Å². The van der Waals surface area contributed by atoms with Crippen LogP contribution < -0.4 is 5.32 Å². The van der Waals surface area contributed by atoms with Gasteiger partial charge in [0.15, 0.2) is 5.78 Å². The topological polar surface area (TPSA) is 29.1 Å². The van der Waals surface area contributed by atoms with Crippen LogP contribution in [0.3, 0.4) is 0 Å². The number of benzene rings is 1. The van der Waals surface area contributed by atoms with E-state index in [-0.39, 0.29) is 6.04 Å². The summed E-state index contributed by atoms with van der Waals surface area (Å²) in [4.78, 5) is 12.0. The molecule has 1 atom stereocenters. The molecule has 16 heavy (non-hydrogen) atoms. The maximum absolute atomic E-state index is 12.0. The lowest BCUT2D eigenvalue weighted by molar-refractivity contribution is -0.119. The highest BCUT2D eigenvalue weighted by molar-refractivity contribution is 7.99. The van der Waals surface area contributed by atoms with E-state index in [1.165, 1.54) is 5.56 Å². The van der Waals surface area contributed by atoms with Crippen molar-refractivity contribution in [3.63, 3.8) is 0 Å². The van der Waals surface area contributed by atoms with Gasteiger partial charge in [-0.15, -0.1) is 0 Å². The molecule has 1 N–H and O–H groups in total. The van der Waals surface area contributed by atoms with E-state index in [9.17, 15) is 4.79 Å². The molecular formula is C13H17NOS. The standard InChI is InChI=1S/C13H17NOS/c1-10-3-2-4-11(7-10)8-13(15)12-9-16-6-5-14-12/h2-4,7,12,14H,5-6,8-9H2,1H3. The smallest absolute Gasteiger partial charge is 0.154 e. The fourth-order valence-electron chi connectivity index (χ4n) is 1.92. The molecule has 0 spiro atoms. The number of carbonyl (C=O) groups excluding carboxylic acids is 1. The Morgan fingerprint density at radius 2 is 2.44 bits per heavy atom. The Kier molecular flexibility index (Phi) is 4.02. The van der Waals surface area contributed by atoms with E-state index >= 15 is 0 Å². The zero-order chi connectivity index (χ0) is 11.4. The molecule has 1 saturated heterocycles. The zero-order valence-electron chi connectivity index (χ0n) is 9.53. The lowest BCUT2D eigenvalue weighted by atomic mass is 10.0. The third kappa shape index (κ3) is 3.09. The van der Waals surface area contributed by atoms with Crippen LogP contribution in [-0.2, 0) is 11.2 Å². The van der Waals surface area contributed by atoms with Crippen molar-refractivity contribution < 1.29 is 4.79 Å². The van der Waals surface area contributed by atoms with Crippen molar-refractivity contribution in [2.75, 3.05) is 18.1 Å². The van der Waals surface area contributed by atoms with Crippen molar-refractivity contribution in [1.29, 1.82) is 0 Å². The van der Waals surface area contributed by atoms with Crippen LogP contribution in [0.1, 0.15) is 11.1 Å². The van der Waals surface area contributed by atoms with Crippen LogP contribution in [0.5, 0.6) is 0 Å². The minimum Gasteiger partial charge on any atom is -0.306 e. The van der Waals surface area contributed by atoms with Gasteiger partial charge >= 0.3 is 0 Å². The fourth-order valence-corrected chi connectivity index (χ4v) is 2.89. The normalized spacial score (nSPS) is 20.7. The van der Waals surface area contributed by atoms with Crippen LogP contribution >= 0.6 is 11.8 Å². The second-order valence-electron chi connectivity index (χ2n) is 4.21. The lowest BCUT2D eigenvalue weighted by Crippen LogP contribution is -2.44. The molecule has 0 amide bonds.